The predicted octanol–water partition coefficient (Wildman–Crippen LogP) is 3.15. The highest BCUT2D eigenvalue weighted by molar-refractivity contribution is 7.99. The van der Waals surface area contributed by atoms with E-state index in [9.17, 15) is 4.79 Å². The summed E-state index contributed by atoms with van der Waals surface area (Å²) in [5, 5.41) is 2.71. The lowest BCUT2D eigenvalue weighted by molar-refractivity contribution is -0.115. The number of nitrogens with zero attached hydrogens (tertiary/aromatic N) is 1. The third kappa shape index (κ3) is 4.13. The molecule has 0 fully saturated rings. The Hall–Kier alpha value is -1.75. The molecule has 0 saturated heterocycles. The molecule has 0 aliphatic rings. The first kappa shape index (κ1) is 13.7. The average molecular weight is 275 g/mol. The molecule has 19 heavy (non-hydrogen) atoms. The van der Waals surface area contributed by atoms with E-state index in [1.165, 1.54) is 16.0 Å². The fourth-order valence-corrected chi connectivity index (χ4v) is 2.54. The molecule has 4 nitrogen and oxygen atoms in total. The topological polar surface area (TPSA) is 57.8 Å². The second kappa shape index (κ2) is 6.43. The van der Waals surface area contributed by atoms with Gasteiger partial charge in [0.1, 0.15) is 0 Å². The van der Waals surface area contributed by atoms with Crippen LogP contribution in [0.3, 0.4) is 0 Å². The SMILES string of the molecule is Cc1ccc(SCCC(=O)Nc2ncc[nH]2)cc1C. The van der Waals surface area contributed by atoms with E-state index in [-0.39, 0.29) is 5.91 Å². The lowest BCUT2D eigenvalue weighted by atomic mass is 10.1. The molecule has 0 unspecified atom stereocenters. The second-order valence-electron chi connectivity index (χ2n) is 4.33. The first-order valence-electron chi connectivity index (χ1n) is 6.14. The minimum absolute atomic E-state index is 0.0220. The molecule has 0 spiro atoms. The van der Waals surface area contributed by atoms with Crippen LogP contribution in [-0.2, 0) is 4.79 Å². The molecule has 2 rings (SSSR count). The zero-order valence-corrected chi connectivity index (χ0v) is 11.9. The van der Waals surface area contributed by atoms with Crippen LogP contribution in [0.2, 0.25) is 0 Å². The summed E-state index contributed by atoms with van der Waals surface area (Å²) in [5.74, 6) is 1.24. The molecule has 0 atom stereocenters. The fraction of sp³-hybridized carbons (Fsp3) is 0.286. The number of thioether (sulfide) groups is 1. The van der Waals surface area contributed by atoms with Crippen molar-refractivity contribution >= 4 is 23.6 Å². The third-order valence-corrected chi connectivity index (χ3v) is 3.83. The Kier molecular flexibility index (Phi) is 4.63. The molecule has 1 heterocycles. The van der Waals surface area contributed by atoms with Crippen molar-refractivity contribution in [3.05, 3.63) is 41.7 Å². The van der Waals surface area contributed by atoms with Crippen LogP contribution in [0.4, 0.5) is 5.95 Å². The van der Waals surface area contributed by atoms with Gasteiger partial charge in [-0.05, 0) is 37.1 Å². The standard InChI is InChI=1S/C14H17N3OS/c1-10-3-4-12(9-11(10)2)19-8-5-13(18)17-14-15-6-7-16-14/h3-4,6-7,9H,5,8H2,1-2H3,(H2,15,16,17,18). The number of benzene rings is 1. The number of amides is 1. The van der Waals surface area contributed by atoms with E-state index in [0.717, 1.165) is 5.75 Å². The van der Waals surface area contributed by atoms with Gasteiger partial charge in [0, 0.05) is 29.5 Å². The first-order chi connectivity index (χ1) is 9.15. The maximum atomic E-state index is 11.6. The largest absolute Gasteiger partial charge is 0.331 e. The Morgan fingerprint density at radius 2 is 2.21 bits per heavy atom. The molecule has 2 N–H and O–H groups in total. The van der Waals surface area contributed by atoms with Crippen LogP contribution in [0.5, 0.6) is 0 Å². The lowest BCUT2D eigenvalue weighted by Crippen LogP contribution is -2.13. The quantitative estimate of drug-likeness (QED) is 0.824. The van der Waals surface area contributed by atoms with Gasteiger partial charge in [-0.2, -0.15) is 0 Å². The molecule has 2 aromatic rings. The summed E-state index contributed by atoms with van der Waals surface area (Å²) in [7, 11) is 0. The van der Waals surface area contributed by atoms with E-state index >= 15 is 0 Å². The average Bonchev–Trinajstić information content (AvgIpc) is 2.86. The minimum atomic E-state index is -0.0220. The Balaban J connectivity index is 1.76. The predicted molar refractivity (Wildman–Crippen MR) is 78.5 cm³/mol. The molecule has 0 bridgehead atoms. The Bertz CT molecular complexity index is 552. The van der Waals surface area contributed by atoms with E-state index in [4.69, 9.17) is 0 Å². The van der Waals surface area contributed by atoms with Gasteiger partial charge < -0.3 is 4.98 Å². The van der Waals surface area contributed by atoms with E-state index in [2.05, 4.69) is 47.3 Å². The van der Waals surface area contributed by atoms with Gasteiger partial charge >= 0.3 is 0 Å². The van der Waals surface area contributed by atoms with Crippen LogP contribution in [0.1, 0.15) is 17.5 Å². The van der Waals surface area contributed by atoms with Crippen molar-refractivity contribution in [2.24, 2.45) is 0 Å². The zero-order chi connectivity index (χ0) is 13.7. The number of aromatic amines is 1. The van der Waals surface area contributed by atoms with Gasteiger partial charge in [-0.15, -0.1) is 11.8 Å². The smallest absolute Gasteiger partial charge is 0.227 e. The molecule has 1 aromatic carbocycles. The minimum Gasteiger partial charge on any atom is -0.331 e. The summed E-state index contributed by atoms with van der Waals surface area (Å²) in [4.78, 5) is 19.6. The van der Waals surface area contributed by atoms with E-state index in [0.29, 0.717) is 12.4 Å². The summed E-state index contributed by atoms with van der Waals surface area (Å²) in [6, 6.07) is 6.36. The normalized spacial score (nSPS) is 10.4. The van der Waals surface area contributed by atoms with Crippen molar-refractivity contribution in [3.8, 4) is 0 Å². The summed E-state index contributed by atoms with van der Waals surface area (Å²) >= 11 is 1.69. The number of carbonyl (C=O) groups excluding carboxylic acids is 1. The van der Waals surface area contributed by atoms with Gasteiger partial charge in [0.25, 0.3) is 0 Å². The number of aromatic nitrogens is 2. The molecule has 0 aliphatic carbocycles. The van der Waals surface area contributed by atoms with Crippen LogP contribution >= 0.6 is 11.8 Å². The number of nitrogens with one attached hydrogen (secondary N) is 2. The Labute approximate surface area is 117 Å². The summed E-state index contributed by atoms with van der Waals surface area (Å²) in [6.45, 7) is 4.20. The number of imidazole rings is 1. The van der Waals surface area contributed by atoms with Gasteiger partial charge in [0.15, 0.2) is 0 Å². The number of H-pyrrole nitrogens is 1. The van der Waals surface area contributed by atoms with Gasteiger partial charge in [-0.25, -0.2) is 4.98 Å². The van der Waals surface area contributed by atoms with Crippen LogP contribution in [0, 0.1) is 13.8 Å². The second-order valence-corrected chi connectivity index (χ2v) is 5.50. The lowest BCUT2D eigenvalue weighted by Gasteiger charge is -2.05. The van der Waals surface area contributed by atoms with Crippen molar-refractivity contribution in [1.82, 2.24) is 9.97 Å². The number of aryl methyl sites for hydroxylation is 2. The van der Waals surface area contributed by atoms with Crippen molar-refractivity contribution in [3.63, 3.8) is 0 Å². The number of rotatable bonds is 5. The molecule has 5 heteroatoms. The van der Waals surface area contributed by atoms with Crippen molar-refractivity contribution in [2.75, 3.05) is 11.1 Å². The van der Waals surface area contributed by atoms with Crippen LogP contribution in [0.15, 0.2) is 35.5 Å². The van der Waals surface area contributed by atoms with Gasteiger partial charge in [0.05, 0.1) is 0 Å². The van der Waals surface area contributed by atoms with Gasteiger partial charge in [-0.1, -0.05) is 6.07 Å². The fourth-order valence-electron chi connectivity index (χ4n) is 1.59. The first-order valence-corrected chi connectivity index (χ1v) is 7.13. The van der Waals surface area contributed by atoms with Crippen molar-refractivity contribution in [1.29, 1.82) is 0 Å². The zero-order valence-electron chi connectivity index (χ0n) is 11.1. The number of hydrogen-bond donors (Lipinski definition) is 2. The highest BCUT2D eigenvalue weighted by atomic mass is 32.2. The van der Waals surface area contributed by atoms with Crippen LogP contribution in [-0.4, -0.2) is 21.6 Å². The number of carbonyl (C=O) groups is 1. The monoisotopic (exact) mass is 275 g/mol. The Morgan fingerprint density at radius 3 is 2.89 bits per heavy atom. The van der Waals surface area contributed by atoms with Crippen molar-refractivity contribution in [2.45, 2.75) is 25.2 Å². The molecule has 1 aromatic heterocycles. The molecule has 1 amide bonds. The van der Waals surface area contributed by atoms with Gasteiger partial charge in [0.2, 0.25) is 11.9 Å². The maximum absolute atomic E-state index is 11.6. The van der Waals surface area contributed by atoms with Crippen LogP contribution in [0.25, 0.3) is 0 Å². The molecule has 100 valence electrons. The summed E-state index contributed by atoms with van der Waals surface area (Å²) < 4.78 is 0. The highest BCUT2D eigenvalue weighted by Crippen LogP contribution is 2.21. The van der Waals surface area contributed by atoms with Crippen LogP contribution < -0.4 is 5.32 Å². The van der Waals surface area contributed by atoms with Crippen molar-refractivity contribution < 1.29 is 4.79 Å². The van der Waals surface area contributed by atoms with E-state index in [1.807, 2.05) is 0 Å². The van der Waals surface area contributed by atoms with E-state index in [1.54, 1.807) is 24.2 Å². The molecule has 0 saturated carbocycles. The molecular weight excluding hydrogens is 258 g/mol. The molecular formula is C14H17N3OS. The number of anilines is 1. The highest BCUT2D eigenvalue weighted by Gasteiger charge is 2.04. The summed E-state index contributed by atoms with van der Waals surface area (Å²) in [5.41, 5.74) is 2.57. The Morgan fingerprint density at radius 1 is 1.37 bits per heavy atom. The number of hydrogen-bond acceptors (Lipinski definition) is 3. The summed E-state index contributed by atoms with van der Waals surface area (Å²) in [6.07, 6.45) is 3.76. The van der Waals surface area contributed by atoms with Gasteiger partial charge in [-0.3, -0.25) is 10.1 Å². The molecule has 0 radical (unpaired) electrons. The maximum Gasteiger partial charge on any atom is 0.227 e. The van der Waals surface area contributed by atoms with E-state index < -0.39 is 0 Å². The molecule has 0 aliphatic heterocycles. The third-order valence-electron chi connectivity index (χ3n) is 2.83.